The van der Waals surface area contributed by atoms with Gasteiger partial charge in [-0.15, -0.1) is 0 Å². The van der Waals surface area contributed by atoms with E-state index in [0.29, 0.717) is 11.3 Å². The molecule has 154 valence electrons. The van der Waals surface area contributed by atoms with Crippen LogP contribution in [0, 0.1) is 6.92 Å². The average molecular weight is 410 g/mol. The van der Waals surface area contributed by atoms with Gasteiger partial charge in [0.15, 0.2) is 5.78 Å². The first-order valence-corrected chi connectivity index (χ1v) is 9.89. The van der Waals surface area contributed by atoms with Crippen LogP contribution in [0.2, 0.25) is 0 Å². The molecule has 1 N–H and O–H groups in total. The molecule has 0 saturated heterocycles. The molecule has 4 rings (SSSR count). The van der Waals surface area contributed by atoms with E-state index in [1.165, 1.54) is 6.08 Å². The van der Waals surface area contributed by atoms with Crippen molar-refractivity contribution in [2.24, 2.45) is 0 Å². The lowest BCUT2D eigenvalue weighted by Gasteiger charge is -2.09. The molecule has 31 heavy (non-hydrogen) atoms. The quantitative estimate of drug-likeness (QED) is 0.358. The topological polar surface area (TPSA) is 64.1 Å². The lowest BCUT2D eigenvalue weighted by atomic mass is 10.1. The Morgan fingerprint density at radius 2 is 1.74 bits per heavy atom. The number of hydrogen-bond donors (Lipinski definition) is 1. The number of nitrogens with one attached hydrogen (secondary N) is 1. The first-order chi connectivity index (χ1) is 15.0. The van der Waals surface area contributed by atoms with Gasteiger partial charge in [0.2, 0.25) is 0 Å². The summed E-state index contributed by atoms with van der Waals surface area (Å²) in [5.74, 6) is 0.621. The van der Waals surface area contributed by atoms with E-state index in [0.717, 1.165) is 28.1 Å². The third kappa shape index (κ3) is 4.41. The lowest BCUT2D eigenvalue weighted by molar-refractivity contribution is 0.104. The molecule has 0 aliphatic rings. The molecule has 1 aromatic heterocycles. The normalized spacial score (nSPS) is 11.0. The van der Waals surface area contributed by atoms with Gasteiger partial charge >= 0.3 is 5.69 Å². The highest BCUT2D eigenvalue weighted by molar-refractivity contribution is 6.07. The van der Waals surface area contributed by atoms with Crippen LogP contribution >= 0.6 is 0 Å². The predicted octanol–water partition coefficient (Wildman–Crippen LogP) is 5.05. The number of imidazole rings is 1. The highest BCUT2D eigenvalue weighted by atomic mass is 16.5. The van der Waals surface area contributed by atoms with Gasteiger partial charge in [-0.05, 0) is 42.8 Å². The van der Waals surface area contributed by atoms with Crippen molar-refractivity contribution in [3.8, 4) is 22.7 Å². The third-order valence-corrected chi connectivity index (χ3v) is 5.06. The van der Waals surface area contributed by atoms with Gasteiger partial charge in [-0.25, -0.2) is 4.79 Å². The Bertz CT molecular complexity index is 1290. The van der Waals surface area contributed by atoms with Crippen LogP contribution in [0.4, 0.5) is 0 Å². The minimum absolute atomic E-state index is 0.141. The van der Waals surface area contributed by atoms with Gasteiger partial charge in [0.05, 0.1) is 18.5 Å². The summed E-state index contributed by atoms with van der Waals surface area (Å²) in [6.45, 7) is 2.02. The molecule has 4 aromatic rings. The molecule has 0 radical (unpaired) electrons. The van der Waals surface area contributed by atoms with Gasteiger partial charge in [0, 0.05) is 17.3 Å². The number of aromatic nitrogens is 2. The Balaban J connectivity index is 1.64. The van der Waals surface area contributed by atoms with Crippen LogP contribution in [0.3, 0.4) is 0 Å². The van der Waals surface area contributed by atoms with Crippen molar-refractivity contribution in [3.05, 3.63) is 112 Å². The molecular formula is C26H22N2O3. The zero-order valence-corrected chi connectivity index (χ0v) is 17.3. The number of ketones is 1. The monoisotopic (exact) mass is 410 g/mol. The molecule has 1 heterocycles. The van der Waals surface area contributed by atoms with Gasteiger partial charge in [0.1, 0.15) is 5.75 Å². The van der Waals surface area contributed by atoms with Crippen molar-refractivity contribution in [1.29, 1.82) is 0 Å². The largest absolute Gasteiger partial charge is 0.497 e. The number of hydrogen-bond acceptors (Lipinski definition) is 3. The van der Waals surface area contributed by atoms with E-state index < -0.39 is 0 Å². The molecule has 0 aliphatic carbocycles. The molecule has 0 unspecified atom stereocenters. The molecule has 0 bridgehead atoms. The number of ether oxygens (including phenoxy) is 1. The van der Waals surface area contributed by atoms with Crippen LogP contribution in [-0.2, 0) is 0 Å². The molecular weight excluding hydrogens is 388 g/mol. The summed E-state index contributed by atoms with van der Waals surface area (Å²) in [5.41, 5.74) is 4.58. The summed E-state index contributed by atoms with van der Waals surface area (Å²) in [7, 11) is 1.61. The number of aryl methyl sites for hydroxylation is 1. The van der Waals surface area contributed by atoms with Crippen LogP contribution in [-0.4, -0.2) is 22.4 Å². The summed E-state index contributed by atoms with van der Waals surface area (Å²) in [6, 6.07) is 22.5. The minimum Gasteiger partial charge on any atom is -0.497 e. The third-order valence-electron chi connectivity index (χ3n) is 5.06. The number of rotatable bonds is 6. The van der Waals surface area contributed by atoms with Crippen LogP contribution in [0.15, 0.2) is 89.9 Å². The molecule has 0 amide bonds. The summed E-state index contributed by atoms with van der Waals surface area (Å²) < 4.78 is 6.73. The van der Waals surface area contributed by atoms with Crippen molar-refractivity contribution in [3.63, 3.8) is 0 Å². The van der Waals surface area contributed by atoms with Crippen LogP contribution < -0.4 is 10.4 Å². The SMILES string of the molecule is COc1ccc(C=CC(=O)c2cccc(-n3c(-c4ccc(C)cc4)c[nH]c3=O)c2)cc1. The van der Waals surface area contributed by atoms with E-state index >= 15 is 0 Å². The highest BCUT2D eigenvalue weighted by Crippen LogP contribution is 2.22. The van der Waals surface area contributed by atoms with Gasteiger partial charge < -0.3 is 9.72 Å². The van der Waals surface area contributed by atoms with Crippen molar-refractivity contribution in [2.75, 3.05) is 7.11 Å². The van der Waals surface area contributed by atoms with Crippen molar-refractivity contribution >= 4 is 11.9 Å². The van der Waals surface area contributed by atoms with Crippen molar-refractivity contribution in [1.82, 2.24) is 9.55 Å². The zero-order chi connectivity index (χ0) is 21.8. The lowest BCUT2D eigenvalue weighted by Crippen LogP contribution is -2.16. The van der Waals surface area contributed by atoms with Crippen molar-refractivity contribution < 1.29 is 9.53 Å². The molecule has 0 saturated carbocycles. The van der Waals surface area contributed by atoms with E-state index in [9.17, 15) is 9.59 Å². The molecule has 0 aliphatic heterocycles. The molecule has 0 atom stereocenters. The van der Waals surface area contributed by atoms with Crippen LogP contribution in [0.1, 0.15) is 21.5 Å². The summed E-state index contributed by atoms with van der Waals surface area (Å²) in [6.07, 6.45) is 4.97. The number of aromatic amines is 1. The number of benzene rings is 3. The minimum atomic E-state index is -0.256. The van der Waals surface area contributed by atoms with Gasteiger partial charge in [-0.1, -0.05) is 60.2 Å². The van der Waals surface area contributed by atoms with E-state index in [-0.39, 0.29) is 11.5 Å². The van der Waals surface area contributed by atoms with Crippen molar-refractivity contribution in [2.45, 2.75) is 6.92 Å². The van der Waals surface area contributed by atoms with Crippen LogP contribution in [0.5, 0.6) is 5.75 Å². The zero-order valence-electron chi connectivity index (χ0n) is 17.3. The fraction of sp³-hybridized carbons (Fsp3) is 0.0769. The Hall–Kier alpha value is -4.12. The molecule has 0 fully saturated rings. The van der Waals surface area contributed by atoms with E-state index in [4.69, 9.17) is 4.74 Å². The number of carbonyl (C=O) groups excluding carboxylic acids is 1. The average Bonchev–Trinajstić information content (AvgIpc) is 3.19. The Kier molecular flexibility index (Phi) is 5.67. The second kappa shape index (κ2) is 8.71. The maximum atomic E-state index is 12.7. The highest BCUT2D eigenvalue weighted by Gasteiger charge is 2.12. The standard InChI is InChI=1S/C26H22N2O3/c1-18-6-11-20(12-7-18)24-17-27-26(30)28(24)22-5-3-4-21(16-22)25(29)15-10-19-8-13-23(31-2)14-9-19/h3-17H,1-2H3,(H,27,30). The van der Waals surface area contributed by atoms with Gasteiger partial charge in [-0.2, -0.15) is 0 Å². The Labute approximate surface area is 180 Å². The number of allylic oxidation sites excluding steroid dienone is 1. The first-order valence-electron chi connectivity index (χ1n) is 9.89. The second-order valence-electron chi connectivity index (χ2n) is 7.20. The maximum absolute atomic E-state index is 12.7. The summed E-state index contributed by atoms with van der Waals surface area (Å²) in [5, 5.41) is 0. The van der Waals surface area contributed by atoms with E-state index in [2.05, 4.69) is 4.98 Å². The van der Waals surface area contributed by atoms with Gasteiger partial charge in [0.25, 0.3) is 0 Å². The summed E-state index contributed by atoms with van der Waals surface area (Å²) in [4.78, 5) is 28.0. The molecule has 0 spiro atoms. The number of H-pyrrole nitrogens is 1. The Morgan fingerprint density at radius 3 is 2.45 bits per heavy atom. The molecule has 5 heteroatoms. The number of nitrogens with zero attached hydrogens (tertiary/aromatic N) is 1. The summed E-state index contributed by atoms with van der Waals surface area (Å²) >= 11 is 0. The molecule has 5 nitrogen and oxygen atoms in total. The first kappa shape index (κ1) is 20.2. The fourth-order valence-corrected chi connectivity index (χ4v) is 3.34. The van der Waals surface area contributed by atoms with Crippen LogP contribution in [0.25, 0.3) is 23.0 Å². The van der Waals surface area contributed by atoms with E-state index in [1.54, 1.807) is 42.1 Å². The molecule has 3 aromatic carbocycles. The number of methoxy groups -OCH3 is 1. The van der Waals surface area contributed by atoms with Gasteiger partial charge in [-0.3, -0.25) is 9.36 Å². The second-order valence-corrected chi connectivity index (χ2v) is 7.20. The predicted molar refractivity (Wildman–Crippen MR) is 123 cm³/mol. The fourth-order valence-electron chi connectivity index (χ4n) is 3.34. The maximum Gasteiger partial charge on any atom is 0.330 e. The van der Waals surface area contributed by atoms with E-state index in [1.807, 2.05) is 61.5 Å². The number of carbonyl (C=O) groups is 1. The smallest absolute Gasteiger partial charge is 0.330 e. The Morgan fingerprint density at radius 1 is 1.00 bits per heavy atom.